The Kier molecular flexibility index (Phi) is 47.2. The third-order valence-corrected chi connectivity index (χ3v) is 11.7. The van der Waals surface area contributed by atoms with Crippen LogP contribution >= 0.6 is 0 Å². The highest BCUT2D eigenvalue weighted by Gasteiger charge is 2.24. The Balaban J connectivity index is 4.67. The number of nitrogens with one attached hydrogen (secondary N) is 1. The van der Waals surface area contributed by atoms with E-state index in [1.807, 2.05) is 48.6 Å². The summed E-state index contributed by atoms with van der Waals surface area (Å²) in [6.07, 6.45) is 62.4. The van der Waals surface area contributed by atoms with Crippen molar-refractivity contribution < 1.29 is 24.5 Å². The lowest BCUT2D eigenvalue weighted by Crippen LogP contribution is -2.46. The smallest absolute Gasteiger partial charge is 0.306 e. The van der Waals surface area contributed by atoms with Crippen molar-refractivity contribution in [2.45, 2.75) is 264 Å². The topological polar surface area (TPSA) is 95.9 Å². The Labute approximate surface area is 383 Å². The molecule has 3 N–H and O–H groups in total. The molecule has 0 aliphatic carbocycles. The molecular weight excluding hydrogens is 767 g/mol. The summed E-state index contributed by atoms with van der Waals surface area (Å²) in [5, 5.41) is 23.8. The molecule has 3 atom stereocenters. The van der Waals surface area contributed by atoms with Crippen molar-refractivity contribution in [3.8, 4) is 0 Å². The lowest BCUT2D eigenvalue weighted by Gasteiger charge is -2.24. The van der Waals surface area contributed by atoms with Crippen LogP contribution in [0.2, 0.25) is 0 Å². The predicted octanol–water partition coefficient (Wildman–Crippen LogP) is 15.8. The highest BCUT2D eigenvalue weighted by molar-refractivity contribution is 5.77. The highest BCUT2D eigenvalue weighted by Crippen LogP contribution is 2.18. The maximum absolute atomic E-state index is 13.2. The number of rotatable bonds is 46. The summed E-state index contributed by atoms with van der Waals surface area (Å²) in [5.74, 6) is -0.521. The van der Waals surface area contributed by atoms with Gasteiger partial charge in [0.05, 0.1) is 25.2 Å². The standard InChI is InChI=1S/C56H99NO5/c1-4-7-10-13-16-19-22-24-26-27-29-31-34-37-40-43-46-49-56(61)62-52(47-44-41-38-35-33-30-28-25-23-20-17-14-11-8-5-2)50-55(60)57-53(51-58)54(59)48-45-42-39-36-32-21-18-15-12-9-6-3/h7,10,13,16,19,22,24,26-27,29,31,34,52-54,58-59H,4-6,8-9,11-12,14-15,17-18,20-21,23,25,28,30,32-33,35-51H2,1-3H3,(H,57,60)/b10-7-,16-13+,22-19+,26-24-,29-27+,34-31+. The number of ether oxygens (including phenoxy) is 1. The molecule has 0 aliphatic heterocycles. The van der Waals surface area contributed by atoms with Crippen molar-refractivity contribution in [2.24, 2.45) is 0 Å². The second-order valence-electron chi connectivity index (χ2n) is 17.7. The molecule has 1 amide bonds. The van der Waals surface area contributed by atoms with Gasteiger partial charge >= 0.3 is 5.97 Å². The van der Waals surface area contributed by atoms with Crippen LogP contribution in [0.5, 0.6) is 0 Å². The quantitative estimate of drug-likeness (QED) is 0.0322. The lowest BCUT2D eigenvalue weighted by molar-refractivity contribution is -0.151. The maximum atomic E-state index is 13.2. The molecule has 0 rings (SSSR count). The minimum absolute atomic E-state index is 0.0590. The Morgan fingerprint density at radius 2 is 0.871 bits per heavy atom. The first kappa shape index (κ1) is 59.3. The van der Waals surface area contributed by atoms with Crippen LogP contribution in [0.4, 0.5) is 0 Å². The minimum atomic E-state index is -0.796. The summed E-state index contributed by atoms with van der Waals surface area (Å²) in [5.41, 5.74) is 0. The van der Waals surface area contributed by atoms with Gasteiger partial charge in [-0.25, -0.2) is 0 Å². The van der Waals surface area contributed by atoms with Crippen LogP contribution in [-0.2, 0) is 14.3 Å². The van der Waals surface area contributed by atoms with E-state index in [2.05, 4.69) is 50.4 Å². The van der Waals surface area contributed by atoms with Crippen LogP contribution in [0.1, 0.15) is 245 Å². The number of carbonyl (C=O) groups is 2. The van der Waals surface area contributed by atoms with Crippen molar-refractivity contribution in [2.75, 3.05) is 6.61 Å². The summed E-state index contributed by atoms with van der Waals surface area (Å²) in [6.45, 7) is 6.33. The molecule has 62 heavy (non-hydrogen) atoms. The van der Waals surface area contributed by atoms with Gasteiger partial charge in [0, 0.05) is 6.42 Å². The zero-order chi connectivity index (χ0) is 45.2. The Morgan fingerprint density at radius 3 is 1.31 bits per heavy atom. The first-order valence-electron chi connectivity index (χ1n) is 26.2. The van der Waals surface area contributed by atoms with Crippen molar-refractivity contribution in [1.82, 2.24) is 5.32 Å². The molecule has 0 aromatic carbocycles. The Morgan fingerprint density at radius 1 is 0.484 bits per heavy atom. The number of unbranched alkanes of at least 4 members (excludes halogenated alkanes) is 27. The van der Waals surface area contributed by atoms with Gasteiger partial charge in [-0.1, -0.05) is 261 Å². The van der Waals surface area contributed by atoms with Gasteiger partial charge in [-0.3, -0.25) is 9.59 Å². The maximum Gasteiger partial charge on any atom is 0.306 e. The molecule has 0 saturated heterocycles. The van der Waals surface area contributed by atoms with Crippen LogP contribution in [0, 0.1) is 0 Å². The summed E-state index contributed by atoms with van der Waals surface area (Å²) < 4.78 is 5.92. The largest absolute Gasteiger partial charge is 0.462 e. The summed E-state index contributed by atoms with van der Waals surface area (Å²) in [7, 11) is 0. The summed E-state index contributed by atoms with van der Waals surface area (Å²) in [6, 6.07) is -0.712. The first-order valence-corrected chi connectivity index (χ1v) is 26.2. The molecule has 358 valence electrons. The number of esters is 1. The van der Waals surface area contributed by atoms with Gasteiger partial charge in [0.25, 0.3) is 0 Å². The fourth-order valence-electron chi connectivity index (χ4n) is 7.76. The molecule has 6 heteroatoms. The average Bonchev–Trinajstić information content (AvgIpc) is 3.26. The first-order chi connectivity index (χ1) is 30.5. The van der Waals surface area contributed by atoms with E-state index in [-0.39, 0.29) is 24.9 Å². The summed E-state index contributed by atoms with van der Waals surface area (Å²) in [4.78, 5) is 26.2. The molecule has 0 bridgehead atoms. The van der Waals surface area contributed by atoms with E-state index < -0.39 is 18.2 Å². The van der Waals surface area contributed by atoms with Gasteiger partial charge in [-0.2, -0.15) is 0 Å². The van der Waals surface area contributed by atoms with E-state index in [9.17, 15) is 19.8 Å². The fourth-order valence-corrected chi connectivity index (χ4v) is 7.76. The van der Waals surface area contributed by atoms with Crippen molar-refractivity contribution in [3.05, 3.63) is 72.9 Å². The molecule has 0 fully saturated rings. The van der Waals surface area contributed by atoms with E-state index in [4.69, 9.17) is 4.74 Å². The predicted molar refractivity (Wildman–Crippen MR) is 268 cm³/mol. The number of allylic oxidation sites excluding steroid dienone is 12. The van der Waals surface area contributed by atoms with Crippen LogP contribution < -0.4 is 5.32 Å². The fraction of sp³-hybridized carbons (Fsp3) is 0.750. The molecule has 0 aliphatic rings. The van der Waals surface area contributed by atoms with E-state index in [1.54, 1.807) is 0 Å². The Bertz CT molecular complexity index is 1150. The van der Waals surface area contributed by atoms with E-state index in [0.29, 0.717) is 19.3 Å². The molecule has 3 unspecified atom stereocenters. The second kappa shape index (κ2) is 49.3. The number of amides is 1. The third-order valence-electron chi connectivity index (χ3n) is 11.7. The monoisotopic (exact) mass is 866 g/mol. The van der Waals surface area contributed by atoms with Crippen LogP contribution in [0.15, 0.2) is 72.9 Å². The van der Waals surface area contributed by atoms with Gasteiger partial charge in [-0.05, 0) is 44.9 Å². The molecule has 0 saturated carbocycles. The van der Waals surface area contributed by atoms with E-state index >= 15 is 0 Å². The third kappa shape index (κ3) is 43.9. The van der Waals surface area contributed by atoms with Crippen molar-refractivity contribution in [1.29, 1.82) is 0 Å². The number of hydrogen-bond donors (Lipinski definition) is 3. The number of aliphatic hydroxyl groups excluding tert-OH is 2. The van der Waals surface area contributed by atoms with Gasteiger partial charge in [0.15, 0.2) is 0 Å². The SMILES string of the molecule is CC\C=C/C=C/C=C/C=C\C=C\C=C\CCCCCC(=O)OC(CCCCCCCCCCCCCCCCC)CC(=O)NC(CO)C(O)CCCCCCCCCCCCC. The van der Waals surface area contributed by atoms with Crippen molar-refractivity contribution in [3.63, 3.8) is 0 Å². The zero-order valence-corrected chi connectivity index (χ0v) is 40.7. The molecule has 0 heterocycles. The number of carbonyl (C=O) groups excluding carboxylic acids is 2. The number of aliphatic hydroxyl groups is 2. The van der Waals surface area contributed by atoms with Gasteiger partial charge in [0.1, 0.15) is 6.10 Å². The lowest BCUT2D eigenvalue weighted by atomic mass is 10.0. The molecule has 0 radical (unpaired) electrons. The normalized spacial score (nSPS) is 13.8. The van der Waals surface area contributed by atoms with Gasteiger partial charge < -0.3 is 20.3 Å². The van der Waals surface area contributed by atoms with Crippen molar-refractivity contribution >= 4 is 11.9 Å². The molecular formula is C56H99NO5. The van der Waals surface area contributed by atoms with E-state index in [1.165, 1.54) is 128 Å². The minimum Gasteiger partial charge on any atom is -0.462 e. The molecule has 0 aromatic heterocycles. The van der Waals surface area contributed by atoms with Crippen LogP contribution in [-0.4, -0.2) is 46.9 Å². The molecule has 0 aromatic rings. The second-order valence-corrected chi connectivity index (χ2v) is 17.7. The highest BCUT2D eigenvalue weighted by atomic mass is 16.5. The molecule has 6 nitrogen and oxygen atoms in total. The summed E-state index contributed by atoms with van der Waals surface area (Å²) >= 11 is 0. The van der Waals surface area contributed by atoms with E-state index in [0.717, 1.165) is 70.6 Å². The zero-order valence-electron chi connectivity index (χ0n) is 40.7. The van der Waals surface area contributed by atoms with Gasteiger partial charge in [-0.15, -0.1) is 0 Å². The average molecular weight is 866 g/mol. The molecule has 0 spiro atoms. The van der Waals surface area contributed by atoms with Crippen LogP contribution in [0.25, 0.3) is 0 Å². The van der Waals surface area contributed by atoms with Crippen LogP contribution in [0.3, 0.4) is 0 Å². The number of hydrogen-bond acceptors (Lipinski definition) is 5. The Hall–Kier alpha value is -2.70. The van der Waals surface area contributed by atoms with Gasteiger partial charge in [0.2, 0.25) is 5.91 Å².